The molecule has 3 aliphatic heterocycles. The molecular weight excluding hydrogens is 420 g/mol. The minimum Gasteiger partial charge on any atom is -0.495 e. The van der Waals surface area contributed by atoms with Gasteiger partial charge in [-0.15, -0.1) is 0 Å². The average Bonchev–Trinajstić information content (AvgIpc) is 3.18. The number of sulfonamides is 1. The standard InChI is InChI=1S/C21H24N4O3S2/c1-28-19-8-4-3-7-18(19)24-12-10-23(11-13-24)14-16-15-29-21-22-17-6-2-5-9-20(17)30(26,27)25(16)21/h2-9,16H,10-15H2,1H3. The van der Waals surface area contributed by atoms with Crippen molar-refractivity contribution in [3.8, 4) is 5.75 Å². The number of amidine groups is 1. The van der Waals surface area contributed by atoms with Crippen molar-refractivity contribution in [2.45, 2.75) is 10.9 Å². The van der Waals surface area contributed by atoms with E-state index in [1.807, 2.05) is 24.3 Å². The van der Waals surface area contributed by atoms with Gasteiger partial charge in [-0.05, 0) is 24.3 Å². The monoisotopic (exact) mass is 444 g/mol. The third-order valence-corrected chi connectivity index (χ3v) is 8.91. The highest BCUT2D eigenvalue weighted by Gasteiger charge is 2.44. The number of anilines is 1. The molecule has 30 heavy (non-hydrogen) atoms. The first-order valence-electron chi connectivity index (χ1n) is 10.0. The summed E-state index contributed by atoms with van der Waals surface area (Å²) in [6.45, 7) is 4.26. The smallest absolute Gasteiger partial charge is 0.268 e. The van der Waals surface area contributed by atoms with Crippen LogP contribution in [0.4, 0.5) is 11.4 Å². The fourth-order valence-corrected chi connectivity index (χ4v) is 7.51. The van der Waals surface area contributed by atoms with E-state index in [0.717, 1.165) is 43.4 Å². The molecule has 2 saturated heterocycles. The molecule has 2 aromatic rings. The number of methoxy groups -OCH3 is 1. The van der Waals surface area contributed by atoms with Crippen molar-refractivity contribution in [2.24, 2.45) is 4.99 Å². The third-order valence-electron chi connectivity index (χ3n) is 5.81. The summed E-state index contributed by atoms with van der Waals surface area (Å²) in [5.41, 5.74) is 1.66. The van der Waals surface area contributed by atoms with Crippen LogP contribution in [0.25, 0.3) is 0 Å². The molecule has 1 unspecified atom stereocenters. The van der Waals surface area contributed by atoms with Crippen molar-refractivity contribution in [2.75, 3.05) is 50.5 Å². The molecule has 9 heteroatoms. The first-order chi connectivity index (χ1) is 14.6. The Balaban J connectivity index is 1.28. The molecule has 0 radical (unpaired) electrons. The van der Waals surface area contributed by atoms with Gasteiger partial charge in [-0.1, -0.05) is 36.0 Å². The summed E-state index contributed by atoms with van der Waals surface area (Å²) < 4.78 is 33.5. The quantitative estimate of drug-likeness (QED) is 0.722. The summed E-state index contributed by atoms with van der Waals surface area (Å²) in [5, 5.41) is 0.603. The van der Waals surface area contributed by atoms with E-state index in [2.05, 4.69) is 20.9 Å². The molecular formula is C21H24N4O3S2. The molecule has 0 aliphatic carbocycles. The third kappa shape index (κ3) is 3.34. The highest BCUT2D eigenvalue weighted by Crippen LogP contribution is 2.40. The predicted octanol–water partition coefficient (Wildman–Crippen LogP) is 2.62. The summed E-state index contributed by atoms with van der Waals surface area (Å²) >= 11 is 1.53. The number of ether oxygens (including phenoxy) is 1. The van der Waals surface area contributed by atoms with E-state index >= 15 is 0 Å². The second-order valence-corrected chi connectivity index (χ2v) is 10.4. The summed E-state index contributed by atoms with van der Waals surface area (Å²) in [7, 11) is -1.86. The molecule has 0 spiro atoms. The largest absolute Gasteiger partial charge is 0.495 e. The molecule has 3 aliphatic rings. The zero-order valence-electron chi connectivity index (χ0n) is 16.8. The molecule has 2 aromatic carbocycles. The Labute approximate surface area is 181 Å². The Kier molecular flexibility index (Phi) is 5.12. The van der Waals surface area contributed by atoms with Crippen LogP contribution < -0.4 is 9.64 Å². The lowest BCUT2D eigenvalue weighted by molar-refractivity contribution is 0.225. The number of nitrogens with zero attached hydrogens (tertiary/aromatic N) is 4. The van der Waals surface area contributed by atoms with Crippen LogP contribution in [0.2, 0.25) is 0 Å². The van der Waals surface area contributed by atoms with Crippen molar-refractivity contribution in [1.29, 1.82) is 0 Å². The molecule has 7 nitrogen and oxygen atoms in total. The van der Waals surface area contributed by atoms with Gasteiger partial charge in [-0.2, -0.15) is 0 Å². The van der Waals surface area contributed by atoms with E-state index in [4.69, 9.17) is 4.74 Å². The van der Waals surface area contributed by atoms with Crippen LogP contribution in [-0.2, 0) is 10.0 Å². The number of para-hydroxylation sites is 3. The van der Waals surface area contributed by atoms with Gasteiger partial charge < -0.3 is 9.64 Å². The van der Waals surface area contributed by atoms with Gasteiger partial charge in [-0.3, -0.25) is 4.90 Å². The lowest BCUT2D eigenvalue weighted by atomic mass is 10.2. The number of hydrogen-bond donors (Lipinski definition) is 0. The maximum atomic E-state index is 13.2. The zero-order chi connectivity index (χ0) is 20.7. The summed E-state index contributed by atoms with van der Waals surface area (Å²) in [4.78, 5) is 9.60. The molecule has 1 atom stereocenters. The number of aliphatic imine (C=N–C) groups is 1. The Morgan fingerprint density at radius 2 is 1.80 bits per heavy atom. The second kappa shape index (κ2) is 7.79. The SMILES string of the molecule is COc1ccccc1N1CCN(CC2CSC3=Nc4ccccc4S(=O)(=O)N32)CC1. The number of thioether (sulfide) groups is 1. The molecule has 2 fully saturated rings. The zero-order valence-corrected chi connectivity index (χ0v) is 18.4. The fourth-order valence-electron chi connectivity index (χ4n) is 4.30. The summed E-state index contributed by atoms with van der Waals surface area (Å²) in [5.74, 6) is 1.62. The Hall–Kier alpha value is -2.23. The van der Waals surface area contributed by atoms with Crippen molar-refractivity contribution < 1.29 is 13.2 Å². The van der Waals surface area contributed by atoms with Gasteiger partial charge in [-0.25, -0.2) is 17.7 Å². The fraction of sp³-hybridized carbons (Fsp3) is 0.381. The van der Waals surface area contributed by atoms with Crippen molar-refractivity contribution in [1.82, 2.24) is 9.21 Å². The molecule has 0 saturated carbocycles. The maximum absolute atomic E-state index is 13.2. The van der Waals surface area contributed by atoms with E-state index in [0.29, 0.717) is 22.3 Å². The van der Waals surface area contributed by atoms with Crippen LogP contribution in [0.1, 0.15) is 0 Å². The van der Waals surface area contributed by atoms with Gasteiger partial charge in [0.05, 0.1) is 24.5 Å². The van der Waals surface area contributed by atoms with Crippen molar-refractivity contribution in [3.05, 3.63) is 48.5 Å². The highest BCUT2D eigenvalue weighted by molar-refractivity contribution is 8.15. The van der Waals surface area contributed by atoms with Crippen LogP contribution in [0.15, 0.2) is 58.4 Å². The van der Waals surface area contributed by atoms with Crippen LogP contribution in [0.5, 0.6) is 5.75 Å². The molecule has 0 amide bonds. The predicted molar refractivity (Wildman–Crippen MR) is 120 cm³/mol. The summed E-state index contributed by atoms with van der Waals surface area (Å²) in [6.07, 6.45) is 0. The van der Waals surface area contributed by atoms with Crippen LogP contribution >= 0.6 is 11.8 Å². The van der Waals surface area contributed by atoms with E-state index in [9.17, 15) is 8.42 Å². The number of piperazine rings is 1. The minimum absolute atomic E-state index is 0.0927. The second-order valence-electron chi connectivity index (χ2n) is 7.59. The van der Waals surface area contributed by atoms with E-state index in [1.54, 1.807) is 29.6 Å². The van der Waals surface area contributed by atoms with E-state index in [-0.39, 0.29) is 6.04 Å². The van der Waals surface area contributed by atoms with Gasteiger partial charge in [0.1, 0.15) is 10.6 Å². The number of hydrogen-bond acceptors (Lipinski definition) is 7. The average molecular weight is 445 g/mol. The maximum Gasteiger partial charge on any atom is 0.268 e. The Bertz CT molecular complexity index is 1080. The molecule has 0 N–H and O–H groups in total. The lowest BCUT2D eigenvalue weighted by Gasteiger charge is -2.39. The van der Waals surface area contributed by atoms with Gasteiger partial charge in [0, 0.05) is 38.5 Å². The normalized spacial score (nSPS) is 23.0. The molecule has 3 heterocycles. The molecule has 0 aromatic heterocycles. The van der Waals surface area contributed by atoms with Gasteiger partial charge in [0.25, 0.3) is 10.0 Å². The highest BCUT2D eigenvalue weighted by atomic mass is 32.2. The van der Waals surface area contributed by atoms with Crippen LogP contribution in [-0.4, -0.2) is 74.4 Å². The molecule has 158 valence electrons. The van der Waals surface area contributed by atoms with E-state index < -0.39 is 10.0 Å². The number of rotatable bonds is 4. The number of fused-ring (bicyclic) bond motifs is 2. The Morgan fingerprint density at radius 1 is 1.07 bits per heavy atom. The van der Waals surface area contributed by atoms with Crippen LogP contribution in [0.3, 0.4) is 0 Å². The Morgan fingerprint density at radius 3 is 2.60 bits per heavy atom. The van der Waals surface area contributed by atoms with Gasteiger partial charge in [0.15, 0.2) is 5.17 Å². The van der Waals surface area contributed by atoms with E-state index in [1.165, 1.54) is 11.8 Å². The van der Waals surface area contributed by atoms with Crippen molar-refractivity contribution in [3.63, 3.8) is 0 Å². The topological polar surface area (TPSA) is 65.5 Å². The van der Waals surface area contributed by atoms with Gasteiger partial charge in [0.2, 0.25) is 0 Å². The van der Waals surface area contributed by atoms with Crippen LogP contribution in [0, 0.1) is 0 Å². The first-order valence-corrected chi connectivity index (χ1v) is 12.5. The lowest BCUT2D eigenvalue weighted by Crippen LogP contribution is -2.52. The van der Waals surface area contributed by atoms with Crippen molar-refractivity contribution >= 4 is 38.3 Å². The van der Waals surface area contributed by atoms with Gasteiger partial charge >= 0.3 is 0 Å². The number of benzene rings is 2. The molecule has 5 rings (SSSR count). The molecule has 0 bridgehead atoms. The first kappa shape index (κ1) is 19.7. The summed E-state index contributed by atoms with van der Waals surface area (Å²) in [6, 6.07) is 15.0. The minimum atomic E-state index is -3.55.